The van der Waals surface area contributed by atoms with Gasteiger partial charge in [-0.05, 0) is 73.0 Å². The van der Waals surface area contributed by atoms with Crippen molar-refractivity contribution in [3.8, 4) is 23.0 Å². The number of hydrogen-bond donors (Lipinski definition) is 0. The van der Waals surface area contributed by atoms with Crippen molar-refractivity contribution in [1.82, 2.24) is 4.57 Å². The SMILES string of the molecule is CCOC(=O)C1=C(c2ccccc2)N=c2s/c(=C\c3ccc(OCc4ccc(Cl)cc4)c(OCC)c3)c(=O)n2[C@H]1c1ccc(OC)c(OC)c1. The van der Waals surface area contributed by atoms with Crippen molar-refractivity contribution in [2.24, 2.45) is 4.99 Å². The van der Waals surface area contributed by atoms with Gasteiger partial charge in [0.15, 0.2) is 27.8 Å². The Kier molecular flexibility index (Phi) is 10.7. The number of aromatic nitrogens is 1. The summed E-state index contributed by atoms with van der Waals surface area (Å²) in [6, 6.07) is 26.8. The van der Waals surface area contributed by atoms with Gasteiger partial charge in [0.1, 0.15) is 6.61 Å². The highest BCUT2D eigenvalue weighted by atomic mass is 35.5. The van der Waals surface area contributed by atoms with E-state index in [0.717, 1.165) is 11.1 Å². The predicted molar refractivity (Wildman–Crippen MR) is 194 cm³/mol. The van der Waals surface area contributed by atoms with E-state index in [1.54, 1.807) is 36.8 Å². The molecule has 0 saturated heterocycles. The molecule has 1 atom stereocenters. The maximum absolute atomic E-state index is 14.4. The van der Waals surface area contributed by atoms with Gasteiger partial charge in [-0.3, -0.25) is 9.36 Å². The van der Waals surface area contributed by atoms with Crippen molar-refractivity contribution < 1.29 is 28.5 Å². The van der Waals surface area contributed by atoms with Gasteiger partial charge in [-0.15, -0.1) is 0 Å². The summed E-state index contributed by atoms with van der Waals surface area (Å²) in [5.74, 6) is 1.51. The number of nitrogens with zero attached hydrogens (tertiary/aromatic N) is 2. The largest absolute Gasteiger partial charge is 0.493 e. The second kappa shape index (κ2) is 15.5. The zero-order valence-corrected chi connectivity index (χ0v) is 29.5. The molecule has 0 spiro atoms. The molecule has 1 aromatic heterocycles. The molecule has 1 aliphatic heterocycles. The maximum atomic E-state index is 14.4. The van der Waals surface area contributed by atoms with Crippen LogP contribution < -0.4 is 33.8 Å². The quantitative estimate of drug-likeness (QED) is 0.135. The van der Waals surface area contributed by atoms with Crippen molar-refractivity contribution in [3.63, 3.8) is 0 Å². The summed E-state index contributed by atoms with van der Waals surface area (Å²) in [7, 11) is 3.09. The number of rotatable bonds is 12. The van der Waals surface area contributed by atoms with Crippen LogP contribution in [0, 0.1) is 0 Å². The van der Waals surface area contributed by atoms with Crippen LogP contribution in [-0.4, -0.2) is 38.0 Å². The highest BCUT2D eigenvalue weighted by molar-refractivity contribution is 7.07. The smallest absolute Gasteiger partial charge is 0.338 e. The fourth-order valence-corrected chi connectivity index (χ4v) is 6.80. The first-order valence-electron chi connectivity index (χ1n) is 16.0. The summed E-state index contributed by atoms with van der Waals surface area (Å²) in [6.45, 7) is 4.54. The molecule has 0 fully saturated rings. The molecule has 256 valence electrons. The van der Waals surface area contributed by atoms with Gasteiger partial charge in [-0.1, -0.05) is 77.5 Å². The molecule has 0 radical (unpaired) electrons. The number of ether oxygens (including phenoxy) is 5. The lowest BCUT2D eigenvalue weighted by Crippen LogP contribution is -2.40. The minimum absolute atomic E-state index is 0.148. The topological polar surface area (TPSA) is 97.6 Å². The summed E-state index contributed by atoms with van der Waals surface area (Å²) >= 11 is 7.26. The number of benzene rings is 4. The first kappa shape index (κ1) is 34.5. The van der Waals surface area contributed by atoms with Crippen LogP contribution >= 0.6 is 22.9 Å². The fourth-order valence-electron chi connectivity index (χ4n) is 5.67. The lowest BCUT2D eigenvalue weighted by atomic mass is 9.93. The number of esters is 1. The van der Waals surface area contributed by atoms with Gasteiger partial charge in [-0.25, -0.2) is 9.79 Å². The van der Waals surface area contributed by atoms with Gasteiger partial charge in [0.2, 0.25) is 0 Å². The van der Waals surface area contributed by atoms with Crippen molar-refractivity contribution >= 4 is 40.7 Å². The minimum Gasteiger partial charge on any atom is -0.493 e. The summed E-state index contributed by atoms with van der Waals surface area (Å²) < 4.78 is 30.7. The fraction of sp³-hybridized carbons (Fsp3) is 0.205. The van der Waals surface area contributed by atoms with E-state index in [1.807, 2.05) is 85.8 Å². The number of fused-ring (bicyclic) bond motifs is 1. The van der Waals surface area contributed by atoms with E-state index < -0.39 is 12.0 Å². The monoisotopic (exact) mass is 710 g/mol. The second-order valence-corrected chi connectivity index (χ2v) is 12.5. The minimum atomic E-state index is -0.870. The molecule has 0 N–H and O–H groups in total. The van der Waals surface area contributed by atoms with Crippen molar-refractivity contribution in [2.45, 2.75) is 26.5 Å². The number of methoxy groups -OCH3 is 2. The van der Waals surface area contributed by atoms with Gasteiger partial charge in [0, 0.05) is 10.6 Å². The molecule has 0 amide bonds. The van der Waals surface area contributed by atoms with E-state index in [-0.39, 0.29) is 17.7 Å². The van der Waals surface area contributed by atoms with Crippen molar-refractivity contribution in [2.75, 3.05) is 27.4 Å². The summed E-state index contributed by atoms with van der Waals surface area (Å²) in [4.78, 5) is 33.6. The van der Waals surface area contributed by atoms with Crippen molar-refractivity contribution in [3.05, 3.63) is 144 Å². The van der Waals surface area contributed by atoms with E-state index in [9.17, 15) is 9.59 Å². The summed E-state index contributed by atoms with van der Waals surface area (Å²) in [6.07, 6.45) is 1.79. The second-order valence-electron chi connectivity index (χ2n) is 11.1. The Morgan fingerprint density at radius 1 is 0.860 bits per heavy atom. The lowest BCUT2D eigenvalue weighted by Gasteiger charge is -2.26. The Morgan fingerprint density at radius 3 is 2.30 bits per heavy atom. The molecule has 4 aromatic carbocycles. The van der Waals surface area contributed by atoms with E-state index in [1.165, 1.54) is 18.4 Å². The van der Waals surface area contributed by atoms with Crippen LogP contribution in [-0.2, 0) is 16.1 Å². The van der Waals surface area contributed by atoms with Gasteiger partial charge < -0.3 is 23.7 Å². The highest BCUT2D eigenvalue weighted by Crippen LogP contribution is 2.38. The van der Waals surface area contributed by atoms with Crippen molar-refractivity contribution in [1.29, 1.82) is 0 Å². The molecule has 2 heterocycles. The standard InChI is InChI=1S/C39H35ClN2O7S/c1-5-47-32-20-25(14-18-30(32)49-23-24-12-16-28(40)17-13-24)21-33-37(43)42-36(27-15-19-29(45-3)31(22-27)46-4)34(38(44)48-6-2)35(41-39(42)50-33)26-10-8-7-9-11-26/h7-22,36H,5-6,23H2,1-4H3/b33-21-/t36-/m0/s1. The van der Waals surface area contributed by atoms with E-state index in [0.29, 0.717) is 67.4 Å². The van der Waals surface area contributed by atoms with Gasteiger partial charge >= 0.3 is 5.97 Å². The predicted octanol–water partition coefficient (Wildman–Crippen LogP) is 6.58. The molecule has 0 saturated carbocycles. The van der Waals surface area contributed by atoms with Crippen LogP contribution in [0.2, 0.25) is 5.02 Å². The molecule has 9 nitrogen and oxygen atoms in total. The van der Waals surface area contributed by atoms with Gasteiger partial charge in [0.05, 0.1) is 49.3 Å². The first-order chi connectivity index (χ1) is 24.3. The third kappa shape index (κ3) is 7.17. The number of carbonyl (C=O) groups excluding carboxylic acids is 1. The molecular weight excluding hydrogens is 676 g/mol. The molecule has 0 unspecified atom stereocenters. The van der Waals surface area contributed by atoms with Crippen LogP contribution in [0.3, 0.4) is 0 Å². The molecular formula is C39H35ClN2O7S. The number of thiazole rings is 1. The van der Waals surface area contributed by atoms with Crippen LogP contribution in [0.25, 0.3) is 11.8 Å². The van der Waals surface area contributed by atoms with Gasteiger partial charge in [-0.2, -0.15) is 0 Å². The Balaban J connectivity index is 1.50. The molecule has 0 aliphatic carbocycles. The third-order valence-corrected chi connectivity index (χ3v) is 9.20. The van der Waals surface area contributed by atoms with Crippen LogP contribution in [0.15, 0.2) is 106 Å². The number of carbonyl (C=O) groups is 1. The molecule has 0 bridgehead atoms. The zero-order chi connectivity index (χ0) is 35.2. The molecule has 1 aliphatic rings. The van der Waals surface area contributed by atoms with Crippen LogP contribution in [0.4, 0.5) is 0 Å². The summed E-state index contributed by atoms with van der Waals surface area (Å²) in [5.41, 5.74) is 3.39. The molecule has 11 heteroatoms. The highest BCUT2D eigenvalue weighted by Gasteiger charge is 2.35. The molecule has 6 rings (SSSR count). The van der Waals surface area contributed by atoms with Crippen LogP contribution in [0.5, 0.6) is 23.0 Å². The normalized spacial score (nSPS) is 14.1. The van der Waals surface area contributed by atoms with Crippen LogP contribution in [0.1, 0.15) is 42.1 Å². The average molecular weight is 711 g/mol. The first-order valence-corrected chi connectivity index (χ1v) is 17.2. The maximum Gasteiger partial charge on any atom is 0.338 e. The number of hydrogen-bond acceptors (Lipinski definition) is 9. The van der Waals surface area contributed by atoms with E-state index >= 15 is 0 Å². The average Bonchev–Trinajstić information content (AvgIpc) is 3.45. The van der Waals surface area contributed by atoms with E-state index in [2.05, 4.69) is 0 Å². The summed E-state index contributed by atoms with van der Waals surface area (Å²) in [5, 5.41) is 0.654. The Labute approximate surface area is 298 Å². The number of halogens is 1. The Morgan fingerprint density at radius 2 is 1.60 bits per heavy atom. The lowest BCUT2D eigenvalue weighted by molar-refractivity contribution is -0.138. The zero-order valence-electron chi connectivity index (χ0n) is 28.0. The Bertz CT molecular complexity index is 2230. The molecule has 5 aromatic rings. The van der Waals surface area contributed by atoms with Gasteiger partial charge in [0.25, 0.3) is 5.56 Å². The molecule has 50 heavy (non-hydrogen) atoms. The van der Waals surface area contributed by atoms with E-state index in [4.69, 9.17) is 40.3 Å². The third-order valence-electron chi connectivity index (χ3n) is 7.97. The Hall–Kier alpha value is -5.32.